The second kappa shape index (κ2) is 5.04. The van der Waals surface area contributed by atoms with Crippen LogP contribution in [0, 0.1) is 13.8 Å². The fourth-order valence-electron chi connectivity index (χ4n) is 1.82. The van der Waals surface area contributed by atoms with Gasteiger partial charge in [-0.2, -0.15) is 0 Å². The van der Waals surface area contributed by atoms with E-state index in [1.807, 2.05) is 26.0 Å². The smallest absolute Gasteiger partial charge is 0.201 e. The summed E-state index contributed by atoms with van der Waals surface area (Å²) in [6.07, 6.45) is 0. The summed E-state index contributed by atoms with van der Waals surface area (Å²) >= 11 is 0. The Bertz CT molecular complexity index is 507. The predicted molar refractivity (Wildman–Crippen MR) is 70.9 cm³/mol. The first kappa shape index (κ1) is 12.4. The first-order valence-corrected chi connectivity index (χ1v) is 5.88. The van der Waals surface area contributed by atoms with Crippen LogP contribution in [-0.2, 0) is 4.74 Å². The highest BCUT2D eigenvalue weighted by atomic mass is 16.5. The zero-order valence-electron chi connectivity index (χ0n) is 10.7. The average Bonchev–Trinajstić information content (AvgIpc) is 2.33. The molecule has 4 heteroatoms. The molecule has 1 aromatic rings. The summed E-state index contributed by atoms with van der Waals surface area (Å²) in [5, 5.41) is 3.01. The van der Waals surface area contributed by atoms with Crippen LogP contribution < -0.4 is 15.8 Å². The van der Waals surface area contributed by atoms with E-state index in [9.17, 15) is 0 Å². The zero-order valence-corrected chi connectivity index (χ0v) is 10.7. The zero-order chi connectivity index (χ0) is 13.1. The molecule has 18 heavy (non-hydrogen) atoms. The van der Waals surface area contributed by atoms with Gasteiger partial charge in [0.25, 0.3) is 0 Å². The minimum atomic E-state index is 0.423. The van der Waals surface area contributed by atoms with Crippen LogP contribution >= 0.6 is 0 Å². The van der Waals surface area contributed by atoms with Gasteiger partial charge in [-0.1, -0.05) is 24.3 Å². The second-order valence-corrected chi connectivity index (χ2v) is 4.31. The topological polar surface area (TPSA) is 56.5 Å². The molecule has 3 N–H and O–H groups in total. The number of hydrogen-bond acceptors (Lipinski definition) is 4. The molecule has 0 radical (unpaired) electrons. The van der Waals surface area contributed by atoms with E-state index in [0.717, 1.165) is 11.3 Å². The molecule has 0 aliphatic carbocycles. The van der Waals surface area contributed by atoms with Crippen molar-refractivity contribution in [1.29, 1.82) is 0 Å². The summed E-state index contributed by atoms with van der Waals surface area (Å²) in [4.78, 5) is 0. The van der Waals surface area contributed by atoms with E-state index in [4.69, 9.17) is 15.2 Å². The predicted octanol–water partition coefficient (Wildman–Crippen LogP) is 1.94. The van der Waals surface area contributed by atoms with E-state index in [1.54, 1.807) is 0 Å². The number of nitrogens with one attached hydrogen (secondary N) is 1. The molecular formula is C14H18N2O2. The molecule has 1 aliphatic heterocycles. The summed E-state index contributed by atoms with van der Waals surface area (Å²) in [6, 6.07) is 5.97. The molecule has 1 aliphatic rings. The molecule has 0 fully saturated rings. The van der Waals surface area contributed by atoms with E-state index < -0.39 is 0 Å². The van der Waals surface area contributed by atoms with Gasteiger partial charge < -0.3 is 20.5 Å². The molecule has 0 bridgehead atoms. The molecule has 0 unspecified atom stereocenters. The second-order valence-electron chi connectivity index (χ2n) is 4.31. The van der Waals surface area contributed by atoms with Crippen molar-refractivity contribution in [1.82, 2.24) is 5.32 Å². The molecule has 1 heterocycles. The molecule has 0 aromatic heterocycles. The summed E-state index contributed by atoms with van der Waals surface area (Å²) in [5.41, 5.74) is 8.05. The van der Waals surface area contributed by atoms with Crippen molar-refractivity contribution in [3.8, 4) is 5.75 Å². The van der Waals surface area contributed by atoms with E-state index in [0.29, 0.717) is 30.5 Å². The van der Waals surface area contributed by atoms with E-state index in [-0.39, 0.29) is 0 Å². The van der Waals surface area contributed by atoms with E-state index >= 15 is 0 Å². The standard InChI is InChI=1S/C14H18N2O2/c1-9-4-5-12(10(2)8-9)18-11(3)13-14(15)16-6-7-17-13/h4-5,8,16H,3,6-7,15H2,1-2H3. The van der Waals surface area contributed by atoms with Gasteiger partial charge in [0, 0.05) is 0 Å². The maximum atomic E-state index is 5.80. The third-order valence-electron chi connectivity index (χ3n) is 2.73. The summed E-state index contributed by atoms with van der Waals surface area (Å²) in [5.74, 6) is 2.14. The fraction of sp³-hybridized carbons (Fsp3) is 0.286. The molecular weight excluding hydrogens is 228 g/mol. The minimum absolute atomic E-state index is 0.423. The van der Waals surface area contributed by atoms with Gasteiger partial charge in [-0.15, -0.1) is 0 Å². The van der Waals surface area contributed by atoms with Crippen LogP contribution in [0.3, 0.4) is 0 Å². The Balaban J connectivity index is 2.16. The highest BCUT2D eigenvalue weighted by molar-refractivity contribution is 5.38. The normalized spacial score (nSPS) is 14.8. The van der Waals surface area contributed by atoms with Crippen LogP contribution in [0.25, 0.3) is 0 Å². The minimum Gasteiger partial charge on any atom is -0.485 e. The molecule has 0 saturated carbocycles. The highest BCUT2D eigenvalue weighted by Crippen LogP contribution is 2.24. The van der Waals surface area contributed by atoms with Gasteiger partial charge in [-0.25, -0.2) is 0 Å². The van der Waals surface area contributed by atoms with Crippen LogP contribution in [0.2, 0.25) is 0 Å². The van der Waals surface area contributed by atoms with Gasteiger partial charge in [0.2, 0.25) is 5.76 Å². The third kappa shape index (κ3) is 2.59. The molecule has 0 atom stereocenters. The van der Waals surface area contributed by atoms with Crippen molar-refractivity contribution in [2.45, 2.75) is 13.8 Å². The van der Waals surface area contributed by atoms with E-state index in [2.05, 4.69) is 18.0 Å². The number of ether oxygens (including phenoxy) is 2. The number of hydrogen-bond donors (Lipinski definition) is 2. The van der Waals surface area contributed by atoms with Gasteiger partial charge in [0.15, 0.2) is 5.76 Å². The summed E-state index contributed by atoms with van der Waals surface area (Å²) < 4.78 is 11.2. The van der Waals surface area contributed by atoms with Crippen LogP contribution in [0.5, 0.6) is 5.75 Å². The highest BCUT2D eigenvalue weighted by Gasteiger charge is 2.16. The molecule has 4 nitrogen and oxygen atoms in total. The lowest BCUT2D eigenvalue weighted by Crippen LogP contribution is -2.32. The van der Waals surface area contributed by atoms with Crippen LogP contribution in [-0.4, -0.2) is 13.2 Å². The Hall–Kier alpha value is -2.10. The first-order valence-electron chi connectivity index (χ1n) is 5.88. The van der Waals surface area contributed by atoms with Crippen molar-refractivity contribution in [3.63, 3.8) is 0 Å². The maximum absolute atomic E-state index is 5.80. The largest absolute Gasteiger partial charge is 0.485 e. The molecule has 0 spiro atoms. The van der Waals surface area contributed by atoms with Crippen LogP contribution in [0.4, 0.5) is 0 Å². The van der Waals surface area contributed by atoms with Gasteiger partial charge in [-0.3, -0.25) is 0 Å². The van der Waals surface area contributed by atoms with Crippen LogP contribution in [0.1, 0.15) is 11.1 Å². The molecule has 0 amide bonds. The van der Waals surface area contributed by atoms with Crippen molar-refractivity contribution >= 4 is 0 Å². The van der Waals surface area contributed by atoms with Crippen LogP contribution in [0.15, 0.2) is 42.1 Å². The van der Waals surface area contributed by atoms with Gasteiger partial charge >= 0.3 is 0 Å². The van der Waals surface area contributed by atoms with Gasteiger partial charge in [0.1, 0.15) is 18.2 Å². The summed E-state index contributed by atoms with van der Waals surface area (Å²) in [7, 11) is 0. The first-order chi connectivity index (χ1) is 8.58. The monoisotopic (exact) mass is 246 g/mol. The third-order valence-corrected chi connectivity index (χ3v) is 2.73. The fourth-order valence-corrected chi connectivity index (χ4v) is 1.82. The quantitative estimate of drug-likeness (QED) is 0.800. The number of benzene rings is 1. The molecule has 1 aromatic carbocycles. The Morgan fingerprint density at radius 1 is 1.44 bits per heavy atom. The Morgan fingerprint density at radius 3 is 2.89 bits per heavy atom. The maximum Gasteiger partial charge on any atom is 0.201 e. The lowest BCUT2D eigenvalue weighted by atomic mass is 10.1. The lowest BCUT2D eigenvalue weighted by molar-refractivity contribution is 0.178. The molecule has 0 saturated heterocycles. The Labute approximate surface area is 107 Å². The van der Waals surface area contributed by atoms with Crippen molar-refractivity contribution in [2.24, 2.45) is 5.73 Å². The number of aryl methyl sites for hydroxylation is 2. The molecule has 96 valence electrons. The summed E-state index contributed by atoms with van der Waals surface area (Å²) in [6.45, 7) is 9.16. The van der Waals surface area contributed by atoms with Gasteiger partial charge in [0.05, 0.1) is 6.54 Å². The SMILES string of the molecule is C=C(Oc1ccc(C)cc1C)C1=C(N)NCCO1. The van der Waals surface area contributed by atoms with Crippen molar-refractivity contribution in [2.75, 3.05) is 13.2 Å². The Morgan fingerprint density at radius 2 is 2.22 bits per heavy atom. The van der Waals surface area contributed by atoms with Crippen molar-refractivity contribution < 1.29 is 9.47 Å². The lowest BCUT2D eigenvalue weighted by Gasteiger charge is -2.21. The Kier molecular flexibility index (Phi) is 3.46. The number of nitrogens with two attached hydrogens (primary N) is 1. The van der Waals surface area contributed by atoms with Crippen molar-refractivity contribution in [3.05, 3.63) is 53.2 Å². The van der Waals surface area contributed by atoms with Gasteiger partial charge in [-0.05, 0) is 25.5 Å². The van der Waals surface area contributed by atoms with E-state index in [1.165, 1.54) is 5.56 Å². The average molecular weight is 246 g/mol. The molecule has 2 rings (SSSR count). The number of rotatable bonds is 3.